The van der Waals surface area contributed by atoms with E-state index in [2.05, 4.69) is 0 Å². The summed E-state index contributed by atoms with van der Waals surface area (Å²) in [6.07, 6.45) is 0. The molecule has 92 valence electrons. The lowest BCUT2D eigenvalue weighted by Gasteiger charge is -2.19. The molecule has 0 fully saturated rings. The van der Waals surface area contributed by atoms with Crippen molar-refractivity contribution in [1.82, 2.24) is 0 Å². The summed E-state index contributed by atoms with van der Waals surface area (Å²) in [4.78, 5) is 23.6. The molecule has 6 heteroatoms. The molecule has 0 spiro atoms. The molecule has 1 aromatic rings. The van der Waals surface area contributed by atoms with Crippen LogP contribution in [0.25, 0.3) is 0 Å². The smallest absolute Gasteiger partial charge is 0.335 e. The summed E-state index contributed by atoms with van der Waals surface area (Å²) >= 11 is 0. The number of benzene rings is 1. The third-order valence-electron chi connectivity index (χ3n) is 2.28. The van der Waals surface area contributed by atoms with Crippen LogP contribution < -0.4 is 10.6 Å². The Balaban J connectivity index is 2.99. The van der Waals surface area contributed by atoms with Gasteiger partial charge in [0.25, 0.3) is 5.91 Å². The second-order valence-corrected chi connectivity index (χ2v) is 3.46. The van der Waals surface area contributed by atoms with Gasteiger partial charge in [-0.1, -0.05) is 0 Å². The zero-order chi connectivity index (χ0) is 13.0. The number of hydrogen-bond donors (Lipinski definition) is 2. The summed E-state index contributed by atoms with van der Waals surface area (Å²) in [5.41, 5.74) is 6.47. The first-order valence-corrected chi connectivity index (χ1v) is 4.85. The van der Waals surface area contributed by atoms with Crippen molar-refractivity contribution in [3.8, 4) is 0 Å². The van der Waals surface area contributed by atoms with E-state index in [9.17, 15) is 9.59 Å². The Hall–Kier alpha value is -2.08. The highest BCUT2D eigenvalue weighted by Gasteiger charge is 2.14. The molecule has 1 amide bonds. The molecule has 1 rings (SSSR count). The molecule has 6 nitrogen and oxygen atoms in total. The Labute approximate surface area is 98.6 Å². The Kier molecular flexibility index (Phi) is 4.06. The van der Waals surface area contributed by atoms with Crippen LogP contribution in [-0.4, -0.2) is 37.7 Å². The lowest BCUT2D eigenvalue weighted by Crippen LogP contribution is -2.30. The SMILES string of the molecule is COCC(=O)N(C)c1ccc(C(=O)O)cc1N. The van der Waals surface area contributed by atoms with Crippen molar-refractivity contribution in [3.63, 3.8) is 0 Å². The van der Waals surface area contributed by atoms with Crippen LogP contribution >= 0.6 is 0 Å². The van der Waals surface area contributed by atoms with Crippen LogP contribution in [0.15, 0.2) is 18.2 Å². The summed E-state index contributed by atoms with van der Waals surface area (Å²) in [5, 5.41) is 8.78. The van der Waals surface area contributed by atoms with Gasteiger partial charge in [0, 0.05) is 14.2 Å². The number of carbonyl (C=O) groups excluding carboxylic acids is 1. The molecule has 0 heterocycles. The lowest BCUT2D eigenvalue weighted by atomic mass is 10.1. The van der Waals surface area contributed by atoms with Gasteiger partial charge in [0.1, 0.15) is 6.61 Å². The molecule has 0 atom stereocenters. The number of methoxy groups -OCH3 is 1. The number of nitrogens with zero attached hydrogens (tertiary/aromatic N) is 1. The number of ether oxygens (including phenoxy) is 1. The maximum Gasteiger partial charge on any atom is 0.335 e. The maximum atomic E-state index is 11.5. The first kappa shape index (κ1) is 13.0. The minimum absolute atomic E-state index is 0.0589. The van der Waals surface area contributed by atoms with E-state index >= 15 is 0 Å². The van der Waals surface area contributed by atoms with Crippen molar-refractivity contribution < 1.29 is 19.4 Å². The molecule has 0 aliphatic rings. The number of hydrogen-bond acceptors (Lipinski definition) is 4. The van der Waals surface area contributed by atoms with E-state index < -0.39 is 5.97 Å². The molecule has 0 radical (unpaired) electrons. The lowest BCUT2D eigenvalue weighted by molar-refractivity contribution is -0.121. The van der Waals surface area contributed by atoms with Crippen molar-refractivity contribution >= 4 is 23.3 Å². The average Bonchev–Trinajstić information content (AvgIpc) is 2.28. The number of aromatic carboxylic acids is 1. The van der Waals surface area contributed by atoms with E-state index in [-0.39, 0.29) is 23.8 Å². The van der Waals surface area contributed by atoms with Gasteiger partial charge < -0.3 is 20.5 Å². The zero-order valence-corrected chi connectivity index (χ0v) is 9.64. The van der Waals surface area contributed by atoms with E-state index in [1.807, 2.05) is 0 Å². The van der Waals surface area contributed by atoms with Crippen LogP contribution in [-0.2, 0) is 9.53 Å². The topological polar surface area (TPSA) is 92.9 Å². The molecular formula is C11H14N2O4. The Morgan fingerprint density at radius 3 is 2.59 bits per heavy atom. The van der Waals surface area contributed by atoms with Crippen molar-refractivity contribution in [2.24, 2.45) is 0 Å². The van der Waals surface area contributed by atoms with Crippen molar-refractivity contribution in [3.05, 3.63) is 23.8 Å². The highest BCUT2D eigenvalue weighted by molar-refractivity contribution is 5.98. The number of carboxylic acid groups (broad SMARTS) is 1. The number of nitrogens with two attached hydrogens (primary N) is 1. The number of rotatable bonds is 4. The van der Waals surface area contributed by atoms with E-state index in [1.54, 1.807) is 7.05 Å². The summed E-state index contributed by atoms with van der Waals surface area (Å²) in [6.45, 7) is -0.0589. The summed E-state index contributed by atoms with van der Waals surface area (Å²) in [6, 6.07) is 4.20. The molecular weight excluding hydrogens is 224 g/mol. The molecule has 0 unspecified atom stereocenters. The van der Waals surface area contributed by atoms with E-state index in [4.69, 9.17) is 15.6 Å². The van der Waals surface area contributed by atoms with Gasteiger partial charge in [-0.3, -0.25) is 4.79 Å². The summed E-state index contributed by atoms with van der Waals surface area (Å²) in [5.74, 6) is -1.32. The second kappa shape index (κ2) is 5.31. The fourth-order valence-corrected chi connectivity index (χ4v) is 1.35. The van der Waals surface area contributed by atoms with Gasteiger partial charge in [0.05, 0.1) is 16.9 Å². The van der Waals surface area contributed by atoms with E-state index in [1.165, 1.54) is 30.2 Å². The van der Waals surface area contributed by atoms with Crippen molar-refractivity contribution in [1.29, 1.82) is 0 Å². The Morgan fingerprint density at radius 1 is 1.47 bits per heavy atom. The van der Waals surface area contributed by atoms with Gasteiger partial charge in [-0.15, -0.1) is 0 Å². The molecule has 0 saturated heterocycles. The normalized spacial score (nSPS) is 10.0. The first-order chi connectivity index (χ1) is 7.97. The van der Waals surface area contributed by atoms with Crippen molar-refractivity contribution in [2.75, 3.05) is 31.4 Å². The monoisotopic (exact) mass is 238 g/mol. The third-order valence-corrected chi connectivity index (χ3v) is 2.28. The number of amides is 1. The molecule has 0 saturated carbocycles. The van der Waals surface area contributed by atoms with Crippen LogP contribution in [0.5, 0.6) is 0 Å². The number of anilines is 2. The molecule has 1 aromatic carbocycles. The zero-order valence-electron chi connectivity index (χ0n) is 9.64. The predicted octanol–water partition coefficient (Wildman–Crippen LogP) is 0.576. The van der Waals surface area contributed by atoms with Gasteiger partial charge in [-0.05, 0) is 18.2 Å². The van der Waals surface area contributed by atoms with Gasteiger partial charge in [0.15, 0.2) is 0 Å². The van der Waals surface area contributed by atoms with E-state index in [0.29, 0.717) is 5.69 Å². The third kappa shape index (κ3) is 2.94. The molecule has 0 aliphatic carbocycles. The molecule has 0 bridgehead atoms. The molecule has 17 heavy (non-hydrogen) atoms. The average molecular weight is 238 g/mol. The van der Waals surface area contributed by atoms with Crippen molar-refractivity contribution in [2.45, 2.75) is 0 Å². The van der Waals surface area contributed by atoms with Crippen LogP contribution in [0.3, 0.4) is 0 Å². The predicted molar refractivity (Wildman–Crippen MR) is 63.1 cm³/mol. The van der Waals surface area contributed by atoms with Crippen LogP contribution in [0, 0.1) is 0 Å². The number of nitrogen functional groups attached to an aromatic ring is 1. The molecule has 0 aromatic heterocycles. The van der Waals surface area contributed by atoms with Gasteiger partial charge in [0.2, 0.25) is 0 Å². The van der Waals surface area contributed by atoms with Crippen LogP contribution in [0.1, 0.15) is 10.4 Å². The largest absolute Gasteiger partial charge is 0.478 e. The Bertz CT molecular complexity index is 445. The van der Waals surface area contributed by atoms with E-state index in [0.717, 1.165) is 0 Å². The van der Waals surface area contributed by atoms with Gasteiger partial charge in [-0.25, -0.2) is 4.79 Å². The number of carbonyl (C=O) groups is 2. The highest BCUT2D eigenvalue weighted by atomic mass is 16.5. The van der Waals surface area contributed by atoms with Gasteiger partial charge in [-0.2, -0.15) is 0 Å². The summed E-state index contributed by atoms with van der Waals surface area (Å²) in [7, 11) is 2.97. The Morgan fingerprint density at radius 2 is 2.12 bits per heavy atom. The fraction of sp³-hybridized carbons (Fsp3) is 0.273. The standard InChI is InChI=1S/C11H14N2O4/c1-13(10(14)6-17-2)9-4-3-7(11(15)16)5-8(9)12/h3-5H,6,12H2,1-2H3,(H,15,16). The number of likely N-dealkylation sites (N-methyl/N-ethyl adjacent to an activating group) is 1. The summed E-state index contributed by atoms with van der Waals surface area (Å²) < 4.78 is 4.72. The molecule has 3 N–H and O–H groups in total. The maximum absolute atomic E-state index is 11.5. The quantitative estimate of drug-likeness (QED) is 0.748. The van der Waals surface area contributed by atoms with Gasteiger partial charge >= 0.3 is 5.97 Å². The minimum atomic E-state index is -1.06. The fourth-order valence-electron chi connectivity index (χ4n) is 1.35. The second-order valence-electron chi connectivity index (χ2n) is 3.46. The van der Waals surface area contributed by atoms with Crippen LogP contribution in [0.2, 0.25) is 0 Å². The minimum Gasteiger partial charge on any atom is -0.478 e. The highest BCUT2D eigenvalue weighted by Crippen LogP contribution is 2.23. The number of carboxylic acids is 1. The van der Waals surface area contributed by atoms with Crippen LogP contribution in [0.4, 0.5) is 11.4 Å². The molecule has 0 aliphatic heterocycles. The first-order valence-electron chi connectivity index (χ1n) is 4.85.